The van der Waals surface area contributed by atoms with Gasteiger partial charge in [0.25, 0.3) is 10.0 Å². The molecular formula is C17H14FN3O7S. The molecule has 0 bridgehead atoms. The van der Waals surface area contributed by atoms with Gasteiger partial charge >= 0.3 is 11.7 Å². The Balaban J connectivity index is 1.80. The lowest BCUT2D eigenvalue weighted by Gasteiger charge is -2.16. The molecule has 29 heavy (non-hydrogen) atoms. The van der Waals surface area contributed by atoms with Gasteiger partial charge in [0.15, 0.2) is 0 Å². The smallest absolute Gasteiger partial charge is 0.308 e. The maximum Gasteiger partial charge on any atom is 0.308 e. The van der Waals surface area contributed by atoms with Crippen LogP contribution in [0.2, 0.25) is 0 Å². The maximum atomic E-state index is 13.4. The van der Waals surface area contributed by atoms with Gasteiger partial charge in [-0.2, -0.15) is 4.39 Å². The average molecular weight is 423 g/mol. The Morgan fingerprint density at radius 1 is 1.24 bits per heavy atom. The number of nitro groups is 1. The normalized spacial score (nSPS) is 16.7. The van der Waals surface area contributed by atoms with Gasteiger partial charge in [-0.25, -0.2) is 8.42 Å². The van der Waals surface area contributed by atoms with Crippen LogP contribution in [-0.4, -0.2) is 36.9 Å². The van der Waals surface area contributed by atoms with Crippen LogP contribution < -0.4 is 9.62 Å². The molecule has 0 spiro atoms. The molecule has 1 saturated heterocycles. The Hall–Kier alpha value is -3.54. The molecule has 12 heteroatoms. The third-order valence-electron chi connectivity index (χ3n) is 4.33. The molecule has 2 aromatic carbocycles. The van der Waals surface area contributed by atoms with Gasteiger partial charge in [-0.3, -0.25) is 24.4 Å². The lowest BCUT2D eigenvalue weighted by Crippen LogP contribution is -2.25. The van der Waals surface area contributed by atoms with Crippen LogP contribution in [0.15, 0.2) is 47.4 Å². The highest BCUT2D eigenvalue weighted by atomic mass is 32.2. The van der Waals surface area contributed by atoms with Crippen molar-refractivity contribution in [3.05, 3.63) is 58.4 Å². The van der Waals surface area contributed by atoms with Crippen molar-refractivity contribution in [2.24, 2.45) is 5.92 Å². The van der Waals surface area contributed by atoms with Crippen LogP contribution in [0.25, 0.3) is 0 Å². The van der Waals surface area contributed by atoms with Crippen LogP contribution >= 0.6 is 0 Å². The molecule has 1 aliphatic heterocycles. The molecule has 1 amide bonds. The van der Waals surface area contributed by atoms with E-state index in [2.05, 4.69) is 4.72 Å². The predicted molar refractivity (Wildman–Crippen MR) is 98.4 cm³/mol. The number of hydrogen-bond donors (Lipinski definition) is 2. The Bertz CT molecular complexity index is 1100. The largest absolute Gasteiger partial charge is 0.481 e. The molecular weight excluding hydrogens is 409 g/mol. The molecule has 0 radical (unpaired) electrons. The van der Waals surface area contributed by atoms with Gasteiger partial charge in [0.2, 0.25) is 11.7 Å². The van der Waals surface area contributed by atoms with Crippen molar-refractivity contribution < 1.29 is 32.4 Å². The van der Waals surface area contributed by atoms with E-state index >= 15 is 0 Å². The van der Waals surface area contributed by atoms with Crippen molar-refractivity contribution in [3.63, 3.8) is 0 Å². The fraction of sp³-hybridized carbons (Fsp3) is 0.176. The second kappa shape index (κ2) is 7.47. The molecule has 10 nitrogen and oxygen atoms in total. The van der Waals surface area contributed by atoms with Crippen LogP contribution in [0.3, 0.4) is 0 Å². The number of carboxylic acids is 1. The first-order valence-corrected chi connectivity index (χ1v) is 9.67. The summed E-state index contributed by atoms with van der Waals surface area (Å²) in [5.41, 5.74) is -0.725. The number of carbonyl (C=O) groups is 2. The lowest BCUT2D eigenvalue weighted by atomic mass is 10.1. The molecule has 1 fully saturated rings. The number of halogens is 1. The number of aliphatic carboxylic acids is 1. The minimum absolute atomic E-state index is 0.0161. The zero-order valence-electron chi connectivity index (χ0n) is 14.6. The number of sulfonamides is 1. The predicted octanol–water partition coefficient (Wildman–Crippen LogP) is 1.97. The standard InChI is InChI=1S/C17H14FN3O7S/c18-14-6-1-11(8-15(14)21(25)26)19-29(27,28)13-4-2-12(3-5-13)20-9-10(17(23)24)7-16(20)22/h1-6,8,10,19H,7,9H2,(H,23,24)/t10-/m1/s1. The van der Waals surface area contributed by atoms with Crippen LogP contribution in [0.1, 0.15) is 6.42 Å². The highest BCUT2D eigenvalue weighted by Crippen LogP contribution is 2.28. The van der Waals surface area contributed by atoms with Crippen molar-refractivity contribution in [2.75, 3.05) is 16.2 Å². The van der Waals surface area contributed by atoms with Gasteiger partial charge in [-0.1, -0.05) is 0 Å². The molecule has 0 aliphatic carbocycles. The van der Waals surface area contributed by atoms with E-state index in [0.717, 1.165) is 18.2 Å². The number of nitro benzene ring substituents is 1. The van der Waals surface area contributed by atoms with E-state index in [9.17, 15) is 32.5 Å². The zero-order chi connectivity index (χ0) is 21.3. The Labute approximate surface area is 163 Å². The maximum absolute atomic E-state index is 13.4. The number of amides is 1. The first-order chi connectivity index (χ1) is 13.6. The first kappa shape index (κ1) is 20.2. The number of hydrogen-bond acceptors (Lipinski definition) is 6. The first-order valence-electron chi connectivity index (χ1n) is 8.18. The molecule has 1 heterocycles. The van der Waals surface area contributed by atoms with Crippen molar-refractivity contribution in [1.82, 2.24) is 0 Å². The molecule has 2 N–H and O–H groups in total. The molecule has 3 rings (SSSR count). The Morgan fingerprint density at radius 2 is 1.90 bits per heavy atom. The number of benzene rings is 2. The zero-order valence-corrected chi connectivity index (χ0v) is 15.4. The summed E-state index contributed by atoms with van der Waals surface area (Å²) in [4.78, 5) is 33.9. The van der Waals surface area contributed by atoms with Crippen LogP contribution in [-0.2, 0) is 19.6 Å². The second-order valence-corrected chi connectivity index (χ2v) is 7.95. The summed E-state index contributed by atoms with van der Waals surface area (Å²) in [5, 5.41) is 19.8. The molecule has 2 aromatic rings. The SMILES string of the molecule is O=C(O)[C@@H]1CC(=O)N(c2ccc(S(=O)(=O)Nc3ccc(F)c([N+](=O)[O-])c3)cc2)C1. The number of carboxylic acid groups (broad SMARTS) is 1. The molecule has 152 valence electrons. The summed E-state index contributed by atoms with van der Waals surface area (Å²) in [7, 11) is -4.14. The highest BCUT2D eigenvalue weighted by molar-refractivity contribution is 7.92. The summed E-state index contributed by atoms with van der Waals surface area (Å²) in [5.74, 6) is -3.40. The van der Waals surface area contributed by atoms with Crippen molar-refractivity contribution in [2.45, 2.75) is 11.3 Å². The minimum Gasteiger partial charge on any atom is -0.481 e. The third-order valence-corrected chi connectivity index (χ3v) is 5.73. The van der Waals surface area contributed by atoms with Crippen LogP contribution in [0.4, 0.5) is 21.5 Å². The van der Waals surface area contributed by atoms with E-state index in [1.165, 1.54) is 29.2 Å². The van der Waals surface area contributed by atoms with Crippen LogP contribution in [0.5, 0.6) is 0 Å². The summed E-state index contributed by atoms with van der Waals surface area (Å²) < 4.78 is 40.5. The lowest BCUT2D eigenvalue weighted by molar-refractivity contribution is -0.387. The van der Waals surface area contributed by atoms with Crippen LogP contribution in [0, 0.1) is 21.8 Å². The van der Waals surface area contributed by atoms with E-state index in [1.807, 2.05) is 0 Å². The Morgan fingerprint density at radius 3 is 2.45 bits per heavy atom. The van der Waals surface area contributed by atoms with Gasteiger partial charge in [0, 0.05) is 24.7 Å². The highest BCUT2D eigenvalue weighted by Gasteiger charge is 2.35. The number of nitrogens with one attached hydrogen (secondary N) is 1. The average Bonchev–Trinajstić information content (AvgIpc) is 3.05. The van der Waals surface area contributed by atoms with Gasteiger partial charge < -0.3 is 10.0 Å². The summed E-state index contributed by atoms with van der Waals surface area (Å²) >= 11 is 0. The molecule has 0 saturated carbocycles. The fourth-order valence-corrected chi connectivity index (χ4v) is 3.91. The monoisotopic (exact) mass is 423 g/mol. The topological polar surface area (TPSA) is 147 Å². The fourth-order valence-electron chi connectivity index (χ4n) is 2.86. The summed E-state index contributed by atoms with van der Waals surface area (Å²) in [6.07, 6.45) is -0.139. The third kappa shape index (κ3) is 4.16. The van der Waals surface area contributed by atoms with Gasteiger partial charge in [0.05, 0.1) is 21.4 Å². The summed E-state index contributed by atoms with van der Waals surface area (Å²) in [6.45, 7) is -0.0161. The number of rotatable bonds is 6. The quantitative estimate of drug-likeness (QED) is 0.533. The van der Waals surface area contributed by atoms with E-state index < -0.39 is 38.3 Å². The van der Waals surface area contributed by atoms with Gasteiger partial charge in [-0.15, -0.1) is 0 Å². The van der Waals surface area contributed by atoms with E-state index in [0.29, 0.717) is 5.69 Å². The number of carbonyl (C=O) groups excluding carboxylic acids is 1. The number of anilines is 2. The second-order valence-electron chi connectivity index (χ2n) is 6.27. The molecule has 0 unspecified atom stereocenters. The Kier molecular flexibility index (Phi) is 5.20. The summed E-state index contributed by atoms with van der Waals surface area (Å²) in [6, 6.07) is 7.69. The number of nitrogens with zero attached hydrogens (tertiary/aromatic N) is 2. The van der Waals surface area contributed by atoms with Crippen molar-refractivity contribution in [3.8, 4) is 0 Å². The van der Waals surface area contributed by atoms with Crippen molar-refractivity contribution in [1.29, 1.82) is 0 Å². The van der Waals surface area contributed by atoms with Gasteiger partial charge in [0.1, 0.15) is 0 Å². The molecule has 1 atom stereocenters. The molecule has 1 aliphatic rings. The van der Waals surface area contributed by atoms with E-state index in [4.69, 9.17) is 5.11 Å². The molecule has 0 aromatic heterocycles. The van der Waals surface area contributed by atoms with Crippen molar-refractivity contribution >= 4 is 39.0 Å². The van der Waals surface area contributed by atoms with E-state index in [1.54, 1.807) is 0 Å². The van der Waals surface area contributed by atoms with E-state index in [-0.39, 0.29) is 29.5 Å². The van der Waals surface area contributed by atoms with Gasteiger partial charge in [-0.05, 0) is 36.4 Å². The minimum atomic E-state index is -4.14.